The van der Waals surface area contributed by atoms with Gasteiger partial charge in [-0.15, -0.1) is 0 Å². The van der Waals surface area contributed by atoms with E-state index in [0.29, 0.717) is 6.61 Å². The Kier molecular flexibility index (Phi) is 2.49. The van der Waals surface area contributed by atoms with Gasteiger partial charge in [0.05, 0.1) is 11.0 Å². The molecule has 96 valence electrons. The average Bonchev–Trinajstić information content (AvgIpc) is 2.72. The molecule has 3 nitrogen and oxygen atoms in total. The number of H-pyrrole nitrogens is 1. The summed E-state index contributed by atoms with van der Waals surface area (Å²) >= 11 is 0. The number of hydrogen-bond acceptors (Lipinski definition) is 2. The number of aliphatic hydroxyl groups is 1. The molecule has 2 N–H and O–H groups in total. The lowest BCUT2D eigenvalue weighted by molar-refractivity contribution is 0.171. The van der Waals surface area contributed by atoms with E-state index in [4.69, 9.17) is 0 Å². The first-order chi connectivity index (χ1) is 8.56. The number of aliphatic hydroxyl groups excluding tert-OH is 1. The van der Waals surface area contributed by atoms with Crippen molar-refractivity contribution >= 4 is 11.0 Å². The van der Waals surface area contributed by atoms with Crippen LogP contribution in [0.1, 0.15) is 32.5 Å². The zero-order valence-corrected chi connectivity index (χ0v) is 11.0. The first-order valence-corrected chi connectivity index (χ1v) is 6.61. The van der Waals surface area contributed by atoms with Gasteiger partial charge in [0.15, 0.2) is 0 Å². The van der Waals surface area contributed by atoms with Gasteiger partial charge in [0.2, 0.25) is 0 Å². The molecule has 1 saturated carbocycles. The van der Waals surface area contributed by atoms with Gasteiger partial charge in [0.25, 0.3) is 0 Å². The van der Waals surface area contributed by atoms with Crippen LogP contribution in [0.4, 0.5) is 0 Å². The number of rotatable bonds is 4. The van der Waals surface area contributed by atoms with Gasteiger partial charge in [-0.2, -0.15) is 0 Å². The smallest absolute Gasteiger partial charge is 0.107 e. The summed E-state index contributed by atoms with van der Waals surface area (Å²) in [7, 11) is 0. The number of aromatic nitrogens is 2. The normalized spacial score (nSPS) is 25.5. The molecule has 2 aromatic rings. The van der Waals surface area contributed by atoms with Gasteiger partial charge in [-0.3, -0.25) is 0 Å². The molecular weight excluding hydrogens is 224 g/mol. The molecule has 1 aliphatic rings. The molecule has 0 saturated heterocycles. The van der Waals surface area contributed by atoms with E-state index in [-0.39, 0.29) is 10.8 Å². The minimum absolute atomic E-state index is 0.117. The Morgan fingerprint density at radius 3 is 2.67 bits per heavy atom. The largest absolute Gasteiger partial charge is 0.396 e. The Bertz CT molecular complexity index is 540. The maximum atomic E-state index is 9.58. The topological polar surface area (TPSA) is 48.9 Å². The Hall–Kier alpha value is -1.35. The van der Waals surface area contributed by atoms with Gasteiger partial charge in [-0.05, 0) is 35.8 Å². The van der Waals surface area contributed by atoms with Crippen molar-refractivity contribution in [1.82, 2.24) is 9.97 Å². The van der Waals surface area contributed by atoms with Crippen molar-refractivity contribution in [3.05, 3.63) is 30.1 Å². The summed E-state index contributed by atoms with van der Waals surface area (Å²) in [5.74, 6) is 1.03. The number of fused-ring (bicyclic) bond motifs is 1. The Morgan fingerprint density at radius 2 is 2.06 bits per heavy atom. The SMILES string of the molecule is CC1(C)CC1(CO)CCc1nc2ccccc2[nH]1. The number of imidazole rings is 1. The third kappa shape index (κ3) is 1.74. The molecule has 1 heterocycles. The Balaban J connectivity index is 1.74. The molecule has 1 aromatic carbocycles. The second-order valence-electron chi connectivity index (χ2n) is 6.20. The van der Waals surface area contributed by atoms with E-state index in [2.05, 4.69) is 29.9 Å². The molecule has 1 atom stereocenters. The van der Waals surface area contributed by atoms with Crippen LogP contribution >= 0.6 is 0 Å². The lowest BCUT2D eigenvalue weighted by atomic mass is 9.91. The van der Waals surface area contributed by atoms with Gasteiger partial charge in [-0.25, -0.2) is 4.98 Å². The molecule has 0 aliphatic heterocycles. The van der Waals surface area contributed by atoms with Gasteiger partial charge in [-0.1, -0.05) is 26.0 Å². The molecule has 1 aliphatic carbocycles. The van der Waals surface area contributed by atoms with E-state index in [0.717, 1.165) is 36.1 Å². The van der Waals surface area contributed by atoms with E-state index in [9.17, 15) is 5.11 Å². The Morgan fingerprint density at radius 1 is 1.33 bits per heavy atom. The quantitative estimate of drug-likeness (QED) is 0.868. The number of benzene rings is 1. The van der Waals surface area contributed by atoms with Crippen molar-refractivity contribution < 1.29 is 5.11 Å². The summed E-state index contributed by atoms with van der Waals surface area (Å²) in [5.41, 5.74) is 2.53. The highest BCUT2D eigenvalue weighted by molar-refractivity contribution is 5.74. The standard InChI is InChI=1S/C15H20N2O/c1-14(2)9-15(14,10-18)8-7-13-16-11-5-3-4-6-12(11)17-13/h3-6,18H,7-10H2,1-2H3,(H,16,17). The fraction of sp³-hybridized carbons (Fsp3) is 0.533. The number of nitrogens with zero attached hydrogens (tertiary/aromatic N) is 1. The predicted octanol–water partition coefficient (Wildman–Crippen LogP) is 2.90. The molecule has 18 heavy (non-hydrogen) atoms. The highest BCUT2D eigenvalue weighted by atomic mass is 16.3. The summed E-state index contributed by atoms with van der Waals surface area (Å²) in [6, 6.07) is 8.10. The van der Waals surface area contributed by atoms with E-state index >= 15 is 0 Å². The van der Waals surface area contributed by atoms with Crippen LogP contribution in [0, 0.1) is 10.8 Å². The number of para-hydroxylation sites is 2. The third-order valence-electron chi connectivity index (χ3n) is 4.67. The summed E-state index contributed by atoms with van der Waals surface area (Å²) in [6.07, 6.45) is 3.05. The molecule has 0 bridgehead atoms. The summed E-state index contributed by atoms with van der Waals surface area (Å²) in [5, 5.41) is 9.58. The first kappa shape index (κ1) is 11.7. The van der Waals surface area contributed by atoms with Crippen molar-refractivity contribution in [2.24, 2.45) is 10.8 Å². The van der Waals surface area contributed by atoms with Crippen molar-refractivity contribution in [2.75, 3.05) is 6.61 Å². The molecule has 1 aromatic heterocycles. The predicted molar refractivity (Wildman–Crippen MR) is 72.3 cm³/mol. The zero-order valence-electron chi connectivity index (χ0n) is 11.0. The van der Waals surface area contributed by atoms with Crippen LogP contribution in [0.25, 0.3) is 11.0 Å². The summed E-state index contributed by atoms with van der Waals surface area (Å²) < 4.78 is 0. The van der Waals surface area contributed by atoms with E-state index < -0.39 is 0 Å². The maximum absolute atomic E-state index is 9.58. The fourth-order valence-electron chi connectivity index (χ4n) is 3.06. The van der Waals surface area contributed by atoms with Crippen LogP contribution < -0.4 is 0 Å². The molecule has 0 radical (unpaired) electrons. The highest BCUT2D eigenvalue weighted by Gasteiger charge is 2.59. The fourth-order valence-corrected chi connectivity index (χ4v) is 3.06. The van der Waals surface area contributed by atoms with Crippen LogP contribution in [-0.2, 0) is 6.42 Å². The molecular formula is C15H20N2O. The van der Waals surface area contributed by atoms with Crippen LogP contribution in [-0.4, -0.2) is 21.7 Å². The molecule has 0 spiro atoms. The second kappa shape index (κ2) is 3.82. The van der Waals surface area contributed by atoms with Gasteiger partial charge >= 0.3 is 0 Å². The second-order valence-corrected chi connectivity index (χ2v) is 6.20. The van der Waals surface area contributed by atoms with Crippen LogP contribution in [0.5, 0.6) is 0 Å². The van der Waals surface area contributed by atoms with Crippen molar-refractivity contribution in [2.45, 2.75) is 33.1 Å². The van der Waals surface area contributed by atoms with E-state index in [1.807, 2.05) is 18.2 Å². The molecule has 3 rings (SSSR count). The molecule has 3 heteroatoms. The maximum Gasteiger partial charge on any atom is 0.107 e. The molecule has 1 fully saturated rings. The monoisotopic (exact) mass is 244 g/mol. The number of hydrogen-bond donors (Lipinski definition) is 2. The van der Waals surface area contributed by atoms with Crippen molar-refractivity contribution in [3.8, 4) is 0 Å². The van der Waals surface area contributed by atoms with Crippen molar-refractivity contribution in [1.29, 1.82) is 0 Å². The van der Waals surface area contributed by atoms with Crippen LogP contribution in [0.15, 0.2) is 24.3 Å². The van der Waals surface area contributed by atoms with E-state index in [1.54, 1.807) is 0 Å². The minimum Gasteiger partial charge on any atom is -0.396 e. The van der Waals surface area contributed by atoms with Crippen LogP contribution in [0.3, 0.4) is 0 Å². The average molecular weight is 244 g/mol. The van der Waals surface area contributed by atoms with Gasteiger partial charge in [0.1, 0.15) is 5.82 Å². The third-order valence-corrected chi connectivity index (χ3v) is 4.67. The molecule has 0 amide bonds. The van der Waals surface area contributed by atoms with Crippen molar-refractivity contribution in [3.63, 3.8) is 0 Å². The minimum atomic E-state index is 0.117. The number of aryl methyl sites for hydroxylation is 1. The first-order valence-electron chi connectivity index (χ1n) is 6.61. The zero-order chi connectivity index (χ0) is 12.8. The van der Waals surface area contributed by atoms with Gasteiger partial charge < -0.3 is 10.1 Å². The lowest BCUT2D eigenvalue weighted by Gasteiger charge is -2.16. The van der Waals surface area contributed by atoms with Gasteiger partial charge in [0, 0.05) is 13.0 Å². The lowest BCUT2D eigenvalue weighted by Crippen LogP contribution is -2.15. The van der Waals surface area contributed by atoms with Crippen LogP contribution in [0.2, 0.25) is 0 Å². The Labute approximate surface area is 107 Å². The highest BCUT2D eigenvalue weighted by Crippen LogP contribution is 2.65. The number of aromatic amines is 1. The number of nitrogens with one attached hydrogen (secondary N) is 1. The molecule has 1 unspecified atom stereocenters. The van der Waals surface area contributed by atoms with E-state index in [1.165, 1.54) is 0 Å². The summed E-state index contributed by atoms with van der Waals surface area (Å²) in [6.45, 7) is 4.77. The summed E-state index contributed by atoms with van der Waals surface area (Å²) in [4.78, 5) is 7.94.